The van der Waals surface area contributed by atoms with E-state index in [9.17, 15) is 13.2 Å². The second-order valence-corrected chi connectivity index (χ2v) is 7.45. The van der Waals surface area contributed by atoms with Crippen LogP contribution in [-0.2, 0) is 21.1 Å². The molecule has 0 saturated heterocycles. The minimum atomic E-state index is -3.46. The highest BCUT2D eigenvalue weighted by Gasteiger charge is 2.16. The largest absolute Gasteiger partial charge is 0.497 e. The van der Waals surface area contributed by atoms with Gasteiger partial charge >= 0.3 is 0 Å². The number of nitrogens with one attached hydrogen (secondary N) is 1. The maximum Gasteiger partial charge on any atom is 0.225 e. The second-order valence-electron chi connectivity index (χ2n) is 5.34. The van der Waals surface area contributed by atoms with E-state index in [1.165, 1.54) is 0 Å². The van der Waals surface area contributed by atoms with Crippen LogP contribution < -0.4 is 10.1 Å². The van der Waals surface area contributed by atoms with Crippen LogP contribution in [-0.4, -0.2) is 27.2 Å². The van der Waals surface area contributed by atoms with Gasteiger partial charge in [0, 0.05) is 12.1 Å². The van der Waals surface area contributed by atoms with Gasteiger partial charge in [0.05, 0.1) is 17.8 Å². The quantitative estimate of drug-likeness (QED) is 0.835. The number of ether oxygens (including phenoxy) is 1. The Morgan fingerprint density at radius 2 is 1.67 bits per heavy atom. The number of benzene rings is 2. The van der Waals surface area contributed by atoms with Crippen LogP contribution in [0.5, 0.6) is 5.75 Å². The Hall–Kier alpha value is -2.34. The molecule has 1 N–H and O–H groups in total. The first-order valence-electron chi connectivity index (χ1n) is 7.70. The van der Waals surface area contributed by atoms with Crippen LogP contribution >= 0.6 is 0 Å². The highest BCUT2D eigenvalue weighted by Crippen LogP contribution is 2.16. The van der Waals surface area contributed by atoms with Crippen molar-refractivity contribution in [3.8, 4) is 5.75 Å². The molecule has 0 atom stereocenters. The first-order chi connectivity index (χ1) is 11.4. The summed E-state index contributed by atoms with van der Waals surface area (Å²) in [6, 6.07) is 13.6. The van der Waals surface area contributed by atoms with Gasteiger partial charge in [-0.25, -0.2) is 8.42 Å². The Bertz CT molecular complexity index is 781. The van der Waals surface area contributed by atoms with Gasteiger partial charge in [0.25, 0.3) is 0 Å². The van der Waals surface area contributed by atoms with E-state index in [1.807, 2.05) is 6.92 Å². The Morgan fingerprint density at radius 3 is 2.21 bits per heavy atom. The summed E-state index contributed by atoms with van der Waals surface area (Å²) in [5, 5.41) is 2.68. The summed E-state index contributed by atoms with van der Waals surface area (Å²) in [6.45, 7) is 2.01. The lowest BCUT2D eigenvalue weighted by atomic mass is 10.2. The van der Waals surface area contributed by atoms with Crippen molar-refractivity contribution in [2.45, 2.75) is 24.7 Å². The number of hydrogen-bond donors (Lipinski definition) is 1. The Labute approximate surface area is 142 Å². The zero-order chi connectivity index (χ0) is 17.6. The molecule has 0 heterocycles. The third-order valence-corrected chi connectivity index (χ3v) is 5.39. The molecule has 0 spiro atoms. The van der Waals surface area contributed by atoms with Crippen LogP contribution in [0.1, 0.15) is 18.9 Å². The minimum absolute atomic E-state index is 0.0934. The third-order valence-electron chi connectivity index (χ3n) is 3.66. The molecule has 2 aromatic rings. The zero-order valence-corrected chi connectivity index (χ0v) is 14.6. The lowest BCUT2D eigenvalue weighted by Gasteiger charge is -2.07. The predicted molar refractivity (Wildman–Crippen MR) is 94.1 cm³/mol. The van der Waals surface area contributed by atoms with E-state index in [0.717, 1.165) is 12.0 Å². The van der Waals surface area contributed by atoms with Gasteiger partial charge in [-0.05, 0) is 48.4 Å². The summed E-state index contributed by atoms with van der Waals surface area (Å²) in [7, 11) is -1.90. The van der Waals surface area contributed by atoms with Gasteiger partial charge in [-0.15, -0.1) is 0 Å². The number of methoxy groups -OCH3 is 1. The Kier molecular flexibility index (Phi) is 5.98. The van der Waals surface area contributed by atoms with Crippen LogP contribution in [0.15, 0.2) is 53.4 Å². The number of carbonyl (C=O) groups is 1. The number of aryl methyl sites for hydroxylation is 1. The van der Waals surface area contributed by atoms with E-state index in [1.54, 1.807) is 55.6 Å². The van der Waals surface area contributed by atoms with Crippen LogP contribution in [0, 0.1) is 0 Å². The van der Waals surface area contributed by atoms with Crippen molar-refractivity contribution in [2.24, 2.45) is 0 Å². The molecule has 0 unspecified atom stereocenters. The maximum absolute atomic E-state index is 12.3. The summed E-state index contributed by atoms with van der Waals surface area (Å²) in [6.07, 6.45) is 0.758. The van der Waals surface area contributed by atoms with Crippen LogP contribution in [0.2, 0.25) is 0 Å². The highest BCUT2D eigenvalue weighted by atomic mass is 32.2. The van der Waals surface area contributed by atoms with E-state index in [0.29, 0.717) is 11.4 Å². The van der Waals surface area contributed by atoms with E-state index < -0.39 is 9.84 Å². The number of anilines is 1. The average Bonchev–Trinajstić information content (AvgIpc) is 2.61. The Morgan fingerprint density at radius 1 is 1.04 bits per heavy atom. The molecule has 1 amide bonds. The van der Waals surface area contributed by atoms with Gasteiger partial charge < -0.3 is 10.1 Å². The number of sulfone groups is 1. The van der Waals surface area contributed by atoms with Crippen molar-refractivity contribution >= 4 is 21.4 Å². The fourth-order valence-corrected chi connectivity index (χ4v) is 3.42. The van der Waals surface area contributed by atoms with Crippen LogP contribution in [0.4, 0.5) is 5.69 Å². The molecule has 2 aromatic carbocycles. The standard InChI is InChI=1S/C18H21NO4S/c1-3-14-4-10-17(11-5-14)24(21,22)13-12-18(20)19-15-6-8-16(23-2)9-7-15/h4-11H,3,12-13H2,1-2H3,(H,19,20). The first-order valence-corrected chi connectivity index (χ1v) is 9.35. The smallest absolute Gasteiger partial charge is 0.225 e. The predicted octanol–water partition coefficient (Wildman–Crippen LogP) is 3.06. The molecule has 128 valence electrons. The normalized spacial score (nSPS) is 11.1. The summed E-state index contributed by atoms with van der Waals surface area (Å²) >= 11 is 0. The van der Waals surface area contributed by atoms with Crippen molar-refractivity contribution < 1.29 is 17.9 Å². The molecular weight excluding hydrogens is 326 g/mol. The summed E-state index contributed by atoms with van der Waals surface area (Å²) in [5.74, 6) is 0.125. The molecule has 5 nitrogen and oxygen atoms in total. The topological polar surface area (TPSA) is 72.5 Å². The molecule has 2 rings (SSSR count). The fraction of sp³-hybridized carbons (Fsp3) is 0.278. The molecular formula is C18H21NO4S. The first kappa shape index (κ1) is 18.0. The van der Waals surface area contributed by atoms with Gasteiger partial charge in [-0.1, -0.05) is 19.1 Å². The van der Waals surface area contributed by atoms with Crippen molar-refractivity contribution in [3.05, 3.63) is 54.1 Å². The van der Waals surface area contributed by atoms with Crippen LogP contribution in [0.3, 0.4) is 0 Å². The molecule has 0 bridgehead atoms. The second kappa shape index (κ2) is 7.97. The van der Waals surface area contributed by atoms with Crippen molar-refractivity contribution in [3.63, 3.8) is 0 Å². The van der Waals surface area contributed by atoms with Gasteiger partial charge in [0.1, 0.15) is 5.75 Å². The molecule has 0 saturated carbocycles. The van der Waals surface area contributed by atoms with Gasteiger partial charge in [-0.2, -0.15) is 0 Å². The average molecular weight is 347 g/mol. The number of hydrogen-bond acceptors (Lipinski definition) is 4. The lowest BCUT2D eigenvalue weighted by molar-refractivity contribution is -0.115. The summed E-state index contributed by atoms with van der Waals surface area (Å²) in [5.41, 5.74) is 1.68. The van der Waals surface area contributed by atoms with Gasteiger partial charge in [-0.3, -0.25) is 4.79 Å². The van der Waals surface area contributed by atoms with E-state index >= 15 is 0 Å². The van der Waals surface area contributed by atoms with E-state index in [-0.39, 0.29) is 23.0 Å². The number of amides is 1. The van der Waals surface area contributed by atoms with E-state index in [2.05, 4.69) is 5.32 Å². The van der Waals surface area contributed by atoms with Gasteiger partial charge in [0.15, 0.2) is 9.84 Å². The van der Waals surface area contributed by atoms with Crippen molar-refractivity contribution in [1.82, 2.24) is 0 Å². The summed E-state index contributed by atoms with van der Waals surface area (Å²) < 4.78 is 29.6. The van der Waals surface area contributed by atoms with Crippen LogP contribution in [0.25, 0.3) is 0 Å². The molecule has 6 heteroatoms. The fourth-order valence-electron chi connectivity index (χ4n) is 2.18. The molecule has 0 aliphatic heterocycles. The molecule has 24 heavy (non-hydrogen) atoms. The molecule has 0 aromatic heterocycles. The number of rotatable bonds is 7. The monoisotopic (exact) mass is 347 g/mol. The molecule has 0 aliphatic carbocycles. The van der Waals surface area contributed by atoms with E-state index in [4.69, 9.17) is 4.74 Å². The lowest BCUT2D eigenvalue weighted by Crippen LogP contribution is -2.17. The minimum Gasteiger partial charge on any atom is -0.497 e. The highest BCUT2D eigenvalue weighted by molar-refractivity contribution is 7.91. The summed E-state index contributed by atoms with van der Waals surface area (Å²) in [4.78, 5) is 12.2. The van der Waals surface area contributed by atoms with Gasteiger partial charge in [0.2, 0.25) is 5.91 Å². The zero-order valence-electron chi connectivity index (χ0n) is 13.8. The SMILES string of the molecule is CCc1ccc(S(=O)(=O)CCC(=O)Nc2ccc(OC)cc2)cc1. The Balaban J connectivity index is 1.93. The van der Waals surface area contributed by atoms with Crippen molar-refractivity contribution in [2.75, 3.05) is 18.2 Å². The molecule has 0 fully saturated rings. The third kappa shape index (κ3) is 4.83. The van der Waals surface area contributed by atoms with Crippen molar-refractivity contribution in [1.29, 1.82) is 0 Å². The molecule has 0 aliphatic rings. The maximum atomic E-state index is 12.3. The number of carbonyl (C=O) groups excluding carboxylic acids is 1. The molecule has 0 radical (unpaired) electrons.